The molecule has 0 aromatic carbocycles. The molecule has 2 nitrogen and oxygen atoms in total. The quantitative estimate of drug-likeness (QED) is 0.610. The summed E-state index contributed by atoms with van der Waals surface area (Å²) in [5, 5.41) is 2.84. The molecule has 1 amide bonds. The highest BCUT2D eigenvalue weighted by atomic mass is 16.1. The lowest BCUT2D eigenvalue weighted by Gasteiger charge is -2.33. The van der Waals surface area contributed by atoms with Crippen LogP contribution in [0.15, 0.2) is 0 Å². The molecule has 1 N–H and O–H groups in total. The Balaban J connectivity index is 0.00000121. The van der Waals surface area contributed by atoms with Gasteiger partial charge in [0.15, 0.2) is 0 Å². The molecule has 0 spiro atoms. The van der Waals surface area contributed by atoms with Gasteiger partial charge in [-0.15, -0.1) is 0 Å². The molecule has 0 aromatic heterocycles. The zero-order valence-corrected chi connectivity index (χ0v) is 7.39. The van der Waals surface area contributed by atoms with Crippen LogP contribution in [0.5, 0.6) is 0 Å². The van der Waals surface area contributed by atoms with Crippen LogP contribution in [0.2, 0.25) is 0 Å². The number of nitrogens with one attached hydrogen (secondary N) is 1. The van der Waals surface area contributed by atoms with Crippen molar-refractivity contribution in [3.63, 3.8) is 0 Å². The van der Waals surface area contributed by atoms with Crippen LogP contribution in [0.3, 0.4) is 0 Å². The predicted molar refractivity (Wildman–Crippen MR) is 47.4 cm³/mol. The normalized spacial score (nSPS) is 24.5. The van der Waals surface area contributed by atoms with Crippen LogP contribution in [0.4, 0.5) is 0 Å². The van der Waals surface area contributed by atoms with Crippen molar-refractivity contribution in [3.05, 3.63) is 0 Å². The van der Waals surface area contributed by atoms with Gasteiger partial charge in [0, 0.05) is 7.47 Å². The highest BCUT2D eigenvalue weighted by molar-refractivity contribution is 5.46. The average molecular weight is 157 g/mol. The minimum Gasteiger partial charge on any atom is -0.356 e. The summed E-state index contributed by atoms with van der Waals surface area (Å²) in [7, 11) is 0. The Morgan fingerprint density at radius 1 is 1.45 bits per heavy atom. The molecular formula is C9H19NO. The summed E-state index contributed by atoms with van der Waals surface area (Å²) in [5.74, 6) is 0. The number of carbonyl (C=O) groups excluding carboxylic acids is 1. The lowest BCUT2D eigenvalue weighted by atomic mass is 9.76. The fourth-order valence-corrected chi connectivity index (χ4v) is 1.66. The molecule has 0 heterocycles. The van der Waals surface area contributed by atoms with E-state index in [4.69, 9.17) is 0 Å². The van der Waals surface area contributed by atoms with Gasteiger partial charge in [-0.1, -0.05) is 13.8 Å². The van der Waals surface area contributed by atoms with Crippen LogP contribution in [-0.4, -0.2) is 12.5 Å². The molecule has 1 aliphatic carbocycles. The summed E-state index contributed by atoms with van der Waals surface area (Å²) < 4.78 is 0. The molecule has 1 saturated carbocycles. The van der Waals surface area contributed by atoms with Crippen LogP contribution in [0.25, 0.3) is 0 Å². The fourth-order valence-electron chi connectivity index (χ4n) is 1.66. The third-order valence-corrected chi connectivity index (χ3v) is 2.64. The number of amides is 1. The van der Waals surface area contributed by atoms with Gasteiger partial charge < -0.3 is 5.32 Å². The monoisotopic (exact) mass is 157 g/mol. The number of rotatable bonds is 2. The lowest BCUT2D eigenvalue weighted by molar-refractivity contribution is -0.110. The minimum atomic E-state index is 0. The van der Waals surface area contributed by atoms with Crippen molar-refractivity contribution in [3.8, 4) is 0 Å². The largest absolute Gasteiger partial charge is 0.356 e. The second-order valence-corrected chi connectivity index (χ2v) is 4.22. The van der Waals surface area contributed by atoms with Gasteiger partial charge in [-0.3, -0.25) is 4.79 Å². The van der Waals surface area contributed by atoms with Crippen LogP contribution < -0.4 is 5.32 Å². The molecule has 1 fully saturated rings. The number of hydrogen-bond donors (Lipinski definition) is 1. The minimum absolute atomic E-state index is 0. The van der Waals surface area contributed by atoms with E-state index in [-0.39, 0.29) is 1.43 Å². The molecule has 11 heavy (non-hydrogen) atoms. The molecule has 66 valence electrons. The molecule has 0 unspecified atom stereocenters. The van der Waals surface area contributed by atoms with Gasteiger partial charge in [-0.05, 0) is 31.1 Å². The van der Waals surface area contributed by atoms with Gasteiger partial charge in [0.05, 0.1) is 0 Å². The highest BCUT2D eigenvalue weighted by Gasteiger charge is 2.25. The van der Waals surface area contributed by atoms with Crippen LogP contribution >= 0.6 is 0 Å². The molecule has 0 atom stereocenters. The third kappa shape index (κ3) is 2.52. The molecule has 0 saturated heterocycles. The summed E-state index contributed by atoms with van der Waals surface area (Å²) in [4.78, 5) is 10.1. The second-order valence-electron chi connectivity index (χ2n) is 4.22. The van der Waals surface area contributed by atoms with E-state index in [9.17, 15) is 4.79 Å². The fraction of sp³-hybridized carbons (Fsp3) is 0.889. The molecule has 0 aromatic rings. The maximum atomic E-state index is 10.1. The van der Waals surface area contributed by atoms with Crippen molar-refractivity contribution in [2.45, 2.75) is 45.6 Å². The molecule has 2 heteroatoms. The Labute approximate surface area is 69.8 Å². The summed E-state index contributed by atoms with van der Waals surface area (Å²) >= 11 is 0. The van der Waals surface area contributed by atoms with Crippen molar-refractivity contribution < 1.29 is 6.22 Å². The molecule has 0 aliphatic heterocycles. The van der Waals surface area contributed by atoms with Gasteiger partial charge in [-0.2, -0.15) is 0 Å². The first-order valence-electron chi connectivity index (χ1n) is 4.34. The van der Waals surface area contributed by atoms with E-state index < -0.39 is 0 Å². The first kappa shape index (κ1) is 8.57. The Morgan fingerprint density at radius 2 is 2.00 bits per heavy atom. The third-order valence-electron chi connectivity index (χ3n) is 2.64. The summed E-state index contributed by atoms with van der Waals surface area (Å²) in [6.07, 6.45) is 5.58. The van der Waals surface area contributed by atoms with Crippen LogP contribution in [-0.2, 0) is 4.79 Å². The van der Waals surface area contributed by atoms with E-state index in [1.165, 1.54) is 12.8 Å². The lowest BCUT2D eigenvalue weighted by Crippen LogP contribution is -2.34. The molecule has 1 rings (SSSR count). The summed E-state index contributed by atoms with van der Waals surface area (Å²) in [5.41, 5.74) is 0.501. The van der Waals surface area contributed by atoms with Gasteiger partial charge in [0.25, 0.3) is 0 Å². The number of hydrogen-bond acceptors (Lipinski definition) is 1. The molecular weight excluding hydrogens is 138 g/mol. The van der Waals surface area contributed by atoms with Crippen molar-refractivity contribution in [1.82, 2.24) is 5.32 Å². The Bertz CT molecular complexity index is 137. The van der Waals surface area contributed by atoms with Gasteiger partial charge in [0.1, 0.15) is 0 Å². The van der Waals surface area contributed by atoms with Gasteiger partial charge in [0.2, 0.25) is 6.41 Å². The standard InChI is InChI=1S/C9H17NO.H2/c1-9(2)5-3-8(4-6-9)10-7-11;/h7-8H,3-6H2,1-2H3,(H,10,11);1H. The van der Waals surface area contributed by atoms with E-state index in [0.717, 1.165) is 19.3 Å². The number of carbonyl (C=O) groups is 1. The first-order valence-corrected chi connectivity index (χ1v) is 4.34. The van der Waals surface area contributed by atoms with Crippen LogP contribution in [0.1, 0.15) is 41.0 Å². The molecule has 0 bridgehead atoms. The highest BCUT2D eigenvalue weighted by Crippen LogP contribution is 2.34. The average Bonchev–Trinajstić information content (AvgIpc) is 1.94. The Kier molecular flexibility index (Phi) is 2.53. The van der Waals surface area contributed by atoms with Crippen LogP contribution in [0, 0.1) is 5.41 Å². The van der Waals surface area contributed by atoms with E-state index in [0.29, 0.717) is 11.5 Å². The topological polar surface area (TPSA) is 29.1 Å². The van der Waals surface area contributed by atoms with E-state index >= 15 is 0 Å². The summed E-state index contributed by atoms with van der Waals surface area (Å²) in [6.45, 7) is 4.59. The maximum absolute atomic E-state index is 10.1. The van der Waals surface area contributed by atoms with E-state index in [1.807, 2.05) is 0 Å². The zero-order valence-electron chi connectivity index (χ0n) is 7.39. The molecule has 0 radical (unpaired) electrons. The SMILES string of the molecule is CC1(C)CCC(NC=O)CC1.[HH]. The molecule has 1 aliphatic rings. The summed E-state index contributed by atoms with van der Waals surface area (Å²) in [6, 6.07) is 0.445. The van der Waals surface area contributed by atoms with Crippen molar-refractivity contribution in [1.29, 1.82) is 0 Å². The van der Waals surface area contributed by atoms with Gasteiger partial charge in [-0.25, -0.2) is 0 Å². The zero-order chi connectivity index (χ0) is 8.32. The second kappa shape index (κ2) is 3.24. The van der Waals surface area contributed by atoms with Gasteiger partial charge >= 0.3 is 0 Å². The smallest absolute Gasteiger partial charge is 0.207 e. The van der Waals surface area contributed by atoms with Crippen molar-refractivity contribution in [2.24, 2.45) is 5.41 Å². The van der Waals surface area contributed by atoms with E-state index in [2.05, 4.69) is 19.2 Å². The predicted octanol–water partition coefficient (Wildman–Crippen LogP) is 1.95. The maximum Gasteiger partial charge on any atom is 0.207 e. The van der Waals surface area contributed by atoms with Crippen molar-refractivity contribution in [2.75, 3.05) is 0 Å². The Morgan fingerprint density at radius 3 is 2.45 bits per heavy atom. The first-order chi connectivity index (χ1) is 5.14. The van der Waals surface area contributed by atoms with E-state index in [1.54, 1.807) is 0 Å². The Hall–Kier alpha value is -0.530. The van der Waals surface area contributed by atoms with Crippen molar-refractivity contribution >= 4 is 6.41 Å².